The Hall–Kier alpha value is -1.85. The number of hydrogen-bond acceptors (Lipinski definition) is 3. The fourth-order valence-electron chi connectivity index (χ4n) is 3.22. The Kier molecular flexibility index (Phi) is 4.65. The van der Waals surface area contributed by atoms with E-state index in [2.05, 4.69) is 0 Å². The lowest BCUT2D eigenvalue weighted by atomic mass is 9.81. The molecule has 0 radical (unpaired) electrons. The highest BCUT2D eigenvalue weighted by Crippen LogP contribution is 2.31. The van der Waals surface area contributed by atoms with Crippen LogP contribution in [0.25, 0.3) is 0 Å². The zero-order valence-electron chi connectivity index (χ0n) is 12.2. The summed E-state index contributed by atoms with van der Waals surface area (Å²) in [6.45, 7) is 2.24. The van der Waals surface area contributed by atoms with Crippen LogP contribution in [-0.4, -0.2) is 40.4 Å². The molecule has 4 atom stereocenters. The van der Waals surface area contributed by atoms with E-state index >= 15 is 0 Å². The third-order valence-corrected chi connectivity index (χ3v) is 4.63. The van der Waals surface area contributed by atoms with Crippen LogP contribution in [0.2, 0.25) is 0 Å². The van der Waals surface area contributed by atoms with Crippen molar-refractivity contribution in [1.29, 1.82) is 0 Å². The summed E-state index contributed by atoms with van der Waals surface area (Å²) in [7, 11) is 0. The monoisotopic (exact) mass is 294 g/mol. The van der Waals surface area contributed by atoms with Crippen LogP contribution in [0.4, 0.5) is 0 Å². The zero-order valence-corrected chi connectivity index (χ0v) is 12.2. The highest BCUT2D eigenvalue weighted by Gasteiger charge is 2.40. The topological polar surface area (TPSA) is 101 Å². The molecule has 2 rings (SSSR count). The number of aliphatic carboxylic acids is 1. The number of nitrogens with two attached hydrogens (primary N) is 1. The van der Waals surface area contributed by atoms with Crippen molar-refractivity contribution in [3.05, 3.63) is 12.2 Å². The van der Waals surface area contributed by atoms with Crippen molar-refractivity contribution in [3.63, 3.8) is 0 Å². The van der Waals surface area contributed by atoms with Gasteiger partial charge >= 0.3 is 5.97 Å². The Morgan fingerprint density at radius 1 is 1.14 bits per heavy atom. The smallest absolute Gasteiger partial charge is 0.307 e. The number of piperidine rings is 1. The van der Waals surface area contributed by atoms with Gasteiger partial charge in [0.25, 0.3) is 0 Å². The molecule has 6 nitrogen and oxygen atoms in total. The molecule has 1 aliphatic heterocycles. The number of allylic oxidation sites excluding steroid dienone is 2. The van der Waals surface area contributed by atoms with Crippen LogP contribution >= 0.6 is 0 Å². The van der Waals surface area contributed by atoms with Crippen molar-refractivity contribution >= 4 is 17.8 Å². The van der Waals surface area contributed by atoms with E-state index in [1.165, 1.54) is 0 Å². The number of hydrogen-bond donors (Lipinski definition) is 2. The lowest BCUT2D eigenvalue weighted by Gasteiger charge is -2.40. The average Bonchev–Trinajstić information content (AvgIpc) is 2.46. The van der Waals surface area contributed by atoms with Crippen molar-refractivity contribution in [2.45, 2.75) is 38.6 Å². The first-order valence-electron chi connectivity index (χ1n) is 7.39. The second-order valence-corrected chi connectivity index (χ2v) is 6.01. The molecule has 0 saturated carbocycles. The molecule has 2 amide bonds. The van der Waals surface area contributed by atoms with Crippen LogP contribution in [0.3, 0.4) is 0 Å². The van der Waals surface area contributed by atoms with E-state index in [0.29, 0.717) is 25.8 Å². The van der Waals surface area contributed by atoms with Crippen LogP contribution in [-0.2, 0) is 14.4 Å². The first kappa shape index (κ1) is 15.5. The van der Waals surface area contributed by atoms with Crippen molar-refractivity contribution in [1.82, 2.24) is 4.90 Å². The van der Waals surface area contributed by atoms with Gasteiger partial charge in [-0.2, -0.15) is 0 Å². The van der Waals surface area contributed by atoms with Crippen LogP contribution in [0.5, 0.6) is 0 Å². The Balaban J connectivity index is 2.14. The Bertz CT molecular complexity index is 474. The van der Waals surface area contributed by atoms with E-state index in [-0.39, 0.29) is 17.9 Å². The lowest BCUT2D eigenvalue weighted by molar-refractivity contribution is -0.153. The van der Waals surface area contributed by atoms with Gasteiger partial charge in [-0.05, 0) is 32.6 Å². The summed E-state index contributed by atoms with van der Waals surface area (Å²) in [5.74, 6) is -3.03. The molecule has 1 fully saturated rings. The molecular weight excluding hydrogens is 272 g/mol. The maximum atomic E-state index is 12.7. The van der Waals surface area contributed by atoms with Gasteiger partial charge in [0.2, 0.25) is 11.8 Å². The van der Waals surface area contributed by atoms with Crippen LogP contribution in [0.1, 0.15) is 32.6 Å². The van der Waals surface area contributed by atoms with Crippen molar-refractivity contribution in [3.8, 4) is 0 Å². The molecule has 2 aliphatic rings. The number of carbonyl (C=O) groups excluding carboxylic acids is 2. The molecule has 0 aromatic carbocycles. The maximum absolute atomic E-state index is 12.7. The number of likely N-dealkylation sites (tertiary alicyclic amines) is 1. The van der Waals surface area contributed by atoms with Gasteiger partial charge in [0.05, 0.1) is 17.8 Å². The van der Waals surface area contributed by atoms with Crippen LogP contribution in [0.15, 0.2) is 12.2 Å². The molecule has 0 aromatic rings. The third-order valence-electron chi connectivity index (χ3n) is 4.63. The summed E-state index contributed by atoms with van der Waals surface area (Å²) in [6.07, 6.45) is 5.91. The number of carboxylic acid groups (broad SMARTS) is 1. The fourth-order valence-corrected chi connectivity index (χ4v) is 3.22. The SMILES string of the molecule is CC1CCC(C(N)=O)CN1C(=O)C1CC=CCC1C(=O)O. The van der Waals surface area contributed by atoms with Gasteiger partial charge in [0.1, 0.15) is 0 Å². The highest BCUT2D eigenvalue weighted by molar-refractivity contribution is 5.86. The van der Waals surface area contributed by atoms with E-state index in [0.717, 1.165) is 6.42 Å². The molecule has 1 aliphatic carbocycles. The maximum Gasteiger partial charge on any atom is 0.307 e. The minimum atomic E-state index is -0.936. The molecule has 4 unspecified atom stereocenters. The minimum Gasteiger partial charge on any atom is -0.481 e. The highest BCUT2D eigenvalue weighted by atomic mass is 16.4. The third kappa shape index (κ3) is 3.25. The lowest BCUT2D eigenvalue weighted by Crippen LogP contribution is -2.52. The van der Waals surface area contributed by atoms with Gasteiger partial charge in [0.15, 0.2) is 0 Å². The molecule has 116 valence electrons. The van der Waals surface area contributed by atoms with Gasteiger partial charge in [-0.25, -0.2) is 0 Å². The van der Waals surface area contributed by atoms with Gasteiger partial charge in [-0.15, -0.1) is 0 Å². The Morgan fingerprint density at radius 2 is 1.76 bits per heavy atom. The summed E-state index contributed by atoms with van der Waals surface area (Å²) in [4.78, 5) is 37.1. The molecule has 6 heteroatoms. The van der Waals surface area contributed by atoms with E-state index in [4.69, 9.17) is 5.73 Å². The van der Waals surface area contributed by atoms with Crippen molar-refractivity contribution < 1.29 is 19.5 Å². The zero-order chi connectivity index (χ0) is 15.6. The fraction of sp³-hybridized carbons (Fsp3) is 0.667. The largest absolute Gasteiger partial charge is 0.481 e. The number of carboxylic acids is 1. The molecule has 0 bridgehead atoms. The minimum absolute atomic E-state index is 0.0217. The van der Waals surface area contributed by atoms with Gasteiger partial charge in [-0.1, -0.05) is 12.2 Å². The number of nitrogens with zero attached hydrogens (tertiary/aromatic N) is 1. The molecule has 1 heterocycles. The first-order chi connectivity index (χ1) is 9.91. The number of primary amides is 1. The van der Waals surface area contributed by atoms with Crippen molar-refractivity contribution in [2.75, 3.05) is 6.54 Å². The van der Waals surface area contributed by atoms with Gasteiger partial charge < -0.3 is 15.7 Å². The number of rotatable bonds is 3. The standard InChI is InChI=1S/C15H22N2O4/c1-9-6-7-10(13(16)18)8-17(9)14(19)11-4-2-3-5-12(11)15(20)21/h2-3,9-12H,4-8H2,1H3,(H2,16,18)(H,20,21). The summed E-state index contributed by atoms with van der Waals surface area (Å²) in [6, 6.07) is 0.0217. The number of amides is 2. The summed E-state index contributed by atoms with van der Waals surface area (Å²) < 4.78 is 0. The normalized spacial score (nSPS) is 32.7. The molecule has 21 heavy (non-hydrogen) atoms. The quantitative estimate of drug-likeness (QED) is 0.750. The average molecular weight is 294 g/mol. The van der Waals surface area contributed by atoms with Crippen LogP contribution < -0.4 is 5.73 Å². The molecular formula is C15H22N2O4. The number of carbonyl (C=O) groups is 3. The summed E-state index contributed by atoms with van der Waals surface area (Å²) >= 11 is 0. The summed E-state index contributed by atoms with van der Waals surface area (Å²) in [5, 5.41) is 9.28. The second-order valence-electron chi connectivity index (χ2n) is 6.01. The Morgan fingerprint density at radius 3 is 2.33 bits per heavy atom. The Labute approximate surface area is 124 Å². The molecule has 3 N–H and O–H groups in total. The molecule has 0 spiro atoms. The second kappa shape index (κ2) is 6.28. The summed E-state index contributed by atoms with van der Waals surface area (Å²) in [5.41, 5.74) is 5.35. The first-order valence-corrected chi connectivity index (χ1v) is 7.39. The van der Waals surface area contributed by atoms with E-state index in [9.17, 15) is 19.5 Å². The molecule has 0 aromatic heterocycles. The van der Waals surface area contributed by atoms with E-state index in [1.54, 1.807) is 4.90 Å². The van der Waals surface area contributed by atoms with E-state index in [1.807, 2.05) is 19.1 Å². The van der Waals surface area contributed by atoms with Crippen molar-refractivity contribution in [2.24, 2.45) is 23.5 Å². The van der Waals surface area contributed by atoms with Crippen LogP contribution in [0, 0.1) is 17.8 Å². The van der Waals surface area contributed by atoms with Gasteiger partial charge in [0, 0.05) is 12.6 Å². The predicted molar refractivity (Wildman–Crippen MR) is 76.1 cm³/mol. The predicted octanol–water partition coefficient (Wildman–Crippen LogP) is 0.766. The van der Waals surface area contributed by atoms with E-state index < -0.39 is 23.7 Å². The van der Waals surface area contributed by atoms with Gasteiger partial charge in [-0.3, -0.25) is 14.4 Å². The molecule has 1 saturated heterocycles.